The molecule has 3 nitrogen and oxygen atoms in total. The van der Waals surface area contributed by atoms with Gasteiger partial charge in [-0.25, -0.2) is 0 Å². The van der Waals surface area contributed by atoms with Gasteiger partial charge in [-0.05, 0) is 79.9 Å². The van der Waals surface area contributed by atoms with E-state index in [1.54, 1.807) is 0 Å². The molecule has 0 aliphatic heterocycles. The van der Waals surface area contributed by atoms with Gasteiger partial charge in [0.15, 0.2) is 0 Å². The van der Waals surface area contributed by atoms with Crippen LogP contribution < -0.4 is 5.32 Å². The SMILES string of the molecule is COC1(CNC(=O)CCc2cccc(Cl)c2)C2CC3CC(C2)CC1C3. The Morgan fingerprint density at radius 1 is 1.20 bits per heavy atom. The Labute approximate surface area is 155 Å². The molecule has 4 heteroatoms. The van der Waals surface area contributed by atoms with Gasteiger partial charge in [-0.3, -0.25) is 4.79 Å². The molecule has 4 bridgehead atoms. The van der Waals surface area contributed by atoms with Gasteiger partial charge in [0.25, 0.3) is 0 Å². The summed E-state index contributed by atoms with van der Waals surface area (Å²) < 4.78 is 6.11. The first-order valence-electron chi connectivity index (χ1n) is 9.65. The van der Waals surface area contributed by atoms with E-state index in [1.165, 1.54) is 32.1 Å². The smallest absolute Gasteiger partial charge is 0.220 e. The van der Waals surface area contributed by atoms with Gasteiger partial charge in [0.05, 0.1) is 5.60 Å². The highest BCUT2D eigenvalue weighted by Crippen LogP contribution is 2.59. The van der Waals surface area contributed by atoms with Crippen molar-refractivity contribution in [2.24, 2.45) is 23.7 Å². The fourth-order valence-electron chi connectivity index (χ4n) is 5.95. The van der Waals surface area contributed by atoms with Crippen LogP contribution >= 0.6 is 11.6 Å². The molecule has 4 saturated carbocycles. The number of rotatable bonds is 6. The second-order valence-corrected chi connectivity index (χ2v) is 8.81. The Morgan fingerprint density at radius 3 is 2.48 bits per heavy atom. The fourth-order valence-corrected chi connectivity index (χ4v) is 6.16. The lowest BCUT2D eigenvalue weighted by molar-refractivity contribution is -0.188. The van der Waals surface area contributed by atoms with Crippen LogP contribution in [-0.2, 0) is 16.0 Å². The highest BCUT2D eigenvalue weighted by Gasteiger charge is 2.57. The summed E-state index contributed by atoms with van der Waals surface area (Å²) in [6.45, 7) is 0.673. The standard InChI is InChI=1S/C21H28ClNO2/c1-25-21(17-8-15-7-16(10-17)11-18(21)9-15)13-23-20(24)6-5-14-3-2-4-19(22)12-14/h2-4,12,15-18H,5-11,13H2,1H3,(H,23,24). The number of amides is 1. The average molecular weight is 362 g/mol. The number of benzene rings is 1. The second kappa shape index (κ2) is 6.92. The summed E-state index contributed by atoms with van der Waals surface area (Å²) in [4.78, 5) is 12.4. The maximum atomic E-state index is 12.4. The van der Waals surface area contributed by atoms with Gasteiger partial charge < -0.3 is 10.1 Å². The van der Waals surface area contributed by atoms with Crippen LogP contribution in [0.15, 0.2) is 24.3 Å². The van der Waals surface area contributed by atoms with E-state index in [1.807, 2.05) is 31.4 Å². The zero-order valence-electron chi connectivity index (χ0n) is 15.0. The number of hydrogen-bond acceptors (Lipinski definition) is 2. The first-order valence-corrected chi connectivity index (χ1v) is 10.0. The summed E-state index contributed by atoms with van der Waals surface area (Å²) in [7, 11) is 1.85. The molecule has 1 aromatic rings. The lowest BCUT2D eigenvalue weighted by Crippen LogP contribution is -2.63. The van der Waals surface area contributed by atoms with E-state index in [-0.39, 0.29) is 11.5 Å². The van der Waals surface area contributed by atoms with Crippen LogP contribution in [0, 0.1) is 23.7 Å². The number of methoxy groups -OCH3 is 1. The van der Waals surface area contributed by atoms with Crippen molar-refractivity contribution in [3.05, 3.63) is 34.9 Å². The van der Waals surface area contributed by atoms with E-state index in [9.17, 15) is 4.79 Å². The van der Waals surface area contributed by atoms with Crippen LogP contribution in [0.1, 0.15) is 44.1 Å². The minimum absolute atomic E-state index is 0.116. The lowest BCUT2D eigenvalue weighted by Gasteiger charge is -2.60. The van der Waals surface area contributed by atoms with Crippen LogP contribution in [-0.4, -0.2) is 25.2 Å². The Kier molecular flexibility index (Phi) is 4.81. The van der Waals surface area contributed by atoms with E-state index in [0.29, 0.717) is 24.8 Å². The molecule has 136 valence electrons. The average Bonchev–Trinajstić information content (AvgIpc) is 2.59. The summed E-state index contributed by atoms with van der Waals surface area (Å²) >= 11 is 6.01. The van der Waals surface area contributed by atoms with E-state index >= 15 is 0 Å². The van der Waals surface area contributed by atoms with Crippen LogP contribution in [0.2, 0.25) is 5.02 Å². The number of carbonyl (C=O) groups excluding carboxylic acids is 1. The molecule has 0 radical (unpaired) electrons. The van der Waals surface area contributed by atoms with Crippen molar-refractivity contribution in [2.45, 2.75) is 50.5 Å². The molecule has 4 aliphatic carbocycles. The van der Waals surface area contributed by atoms with Gasteiger partial charge >= 0.3 is 0 Å². The predicted molar refractivity (Wildman–Crippen MR) is 99.6 cm³/mol. The molecule has 0 atom stereocenters. The van der Waals surface area contributed by atoms with Gasteiger partial charge in [0.1, 0.15) is 0 Å². The third kappa shape index (κ3) is 3.33. The summed E-state index contributed by atoms with van der Waals surface area (Å²) in [6, 6.07) is 7.75. The summed E-state index contributed by atoms with van der Waals surface area (Å²) in [5.41, 5.74) is 0.984. The molecule has 0 saturated heterocycles. The molecule has 0 spiro atoms. The van der Waals surface area contributed by atoms with Crippen LogP contribution in [0.4, 0.5) is 0 Å². The molecule has 4 aliphatic rings. The number of carbonyl (C=O) groups is 1. The molecule has 0 unspecified atom stereocenters. The van der Waals surface area contributed by atoms with Crippen molar-refractivity contribution < 1.29 is 9.53 Å². The fraction of sp³-hybridized carbons (Fsp3) is 0.667. The summed E-state index contributed by atoms with van der Waals surface area (Å²) in [5.74, 6) is 3.18. The van der Waals surface area contributed by atoms with E-state index in [2.05, 4.69) is 5.32 Å². The topological polar surface area (TPSA) is 38.3 Å². The van der Waals surface area contributed by atoms with Crippen molar-refractivity contribution in [3.8, 4) is 0 Å². The Bertz CT molecular complexity index is 617. The van der Waals surface area contributed by atoms with Gasteiger partial charge in [-0.2, -0.15) is 0 Å². The van der Waals surface area contributed by atoms with Crippen LogP contribution in [0.25, 0.3) is 0 Å². The van der Waals surface area contributed by atoms with Crippen molar-refractivity contribution in [3.63, 3.8) is 0 Å². The summed E-state index contributed by atoms with van der Waals surface area (Å²) in [5, 5.41) is 3.92. The number of hydrogen-bond donors (Lipinski definition) is 1. The van der Waals surface area contributed by atoms with Crippen LogP contribution in [0.5, 0.6) is 0 Å². The molecule has 1 N–H and O–H groups in total. The molecular weight excluding hydrogens is 334 g/mol. The van der Waals surface area contributed by atoms with Crippen molar-refractivity contribution in [1.29, 1.82) is 0 Å². The molecule has 4 fully saturated rings. The largest absolute Gasteiger partial charge is 0.376 e. The predicted octanol–water partition coefficient (Wildman–Crippen LogP) is 4.23. The van der Waals surface area contributed by atoms with Gasteiger partial charge in [-0.15, -0.1) is 0 Å². The molecule has 25 heavy (non-hydrogen) atoms. The Hall–Kier alpha value is -1.06. The van der Waals surface area contributed by atoms with E-state index in [0.717, 1.165) is 28.8 Å². The zero-order chi connectivity index (χ0) is 17.4. The number of ether oxygens (including phenoxy) is 1. The minimum atomic E-state index is -0.126. The zero-order valence-corrected chi connectivity index (χ0v) is 15.7. The molecule has 0 heterocycles. The monoisotopic (exact) mass is 361 g/mol. The molecule has 1 amide bonds. The van der Waals surface area contributed by atoms with Crippen LogP contribution in [0.3, 0.4) is 0 Å². The van der Waals surface area contributed by atoms with Gasteiger partial charge in [0.2, 0.25) is 5.91 Å². The quantitative estimate of drug-likeness (QED) is 0.823. The normalized spacial score (nSPS) is 35.8. The first kappa shape index (κ1) is 17.4. The molecule has 5 rings (SSSR count). The second-order valence-electron chi connectivity index (χ2n) is 8.37. The van der Waals surface area contributed by atoms with Gasteiger partial charge in [0, 0.05) is 25.1 Å². The van der Waals surface area contributed by atoms with Crippen molar-refractivity contribution in [1.82, 2.24) is 5.32 Å². The highest BCUT2D eigenvalue weighted by molar-refractivity contribution is 6.30. The highest BCUT2D eigenvalue weighted by atomic mass is 35.5. The number of halogens is 1. The number of nitrogens with one attached hydrogen (secondary N) is 1. The molecule has 0 aromatic heterocycles. The summed E-state index contributed by atoms with van der Waals surface area (Å²) in [6.07, 6.45) is 7.82. The maximum absolute atomic E-state index is 12.4. The number of aryl methyl sites for hydroxylation is 1. The third-order valence-corrected chi connectivity index (χ3v) is 7.23. The maximum Gasteiger partial charge on any atom is 0.220 e. The third-order valence-electron chi connectivity index (χ3n) is 6.99. The van der Waals surface area contributed by atoms with E-state index < -0.39 is 0 Å². The minimum Gasteiger partial charge on any atom is -0.376 e. The molecular formula is C21H28ClNO2. The lowest BCUT2D eigenvalue weighted by atomic mass is 9.49. The van der Waals surface area contributed by atoms with Gasteiger partial charge in [-0.1, -0.05) is 23.7 Å². The Morgan fingerprint density at radius 2 is 1.88 bits per heavy atom. The van der Waals surface area contributed by atoms with Crippen molar-refractivity contribution >= 4 is 17.5 Å². The first-order chi connectivity index (χ1) is 12.1. The van der Waals surface area contributed by atoms with Crippen molar-refractivity contribution in [2.75, 3.05) is 13.7 Å². The Balaban J connectivity index is 1.34. The van der Waals surface area contributed by atoms with E-state index in [4.69, 9.17) is 16.3 Å². The molecule has 1 aromatic carbocycles.